The van der Waals surface area contributed by atoms with E-state index in [2.05, 4.69) is 15.9 Å². The minimum Gasteiger partial charge on any atom is -0.494 e. The molecule has 136 valence electrons. The molecule has 1 aliphatic carbocycles. The van der Waals surface area contributed by atoms with Crippen molar-refractivity contribution in [1.29, 1.82) is 0 Å². The molecule has 2 atom stereocenters. The van der Waals surface area contributed by atoms with Gasteiger partial charge in [0, 0.05) is 22.6 Å². The van der Waals surface area contributed by atoms with Gasteiger partial charge < -0.3 is 15.1 Å². The van der Waals surface area contributed by atoms with Crippen LogP contribution in [0, 0.1) is 0 Å². The second-order valence-corrected chi connectivity index (χ2v) is 7.08. The van der Waals surface area contributed by atoms with Gasteiger partial charge >= 0.3 is 6.18 Å². The molecular weight excluding hydrogens is 417 g/mol. The van der Waals surface area contributed by atoms with E-state index >= 15 is 0 Å². The Morgan fingerprint density at radius 3 is 2.42 bits per heavy atom. The number of halogens is 4. The number of benzene rings is 1. The van der Waals surface area contributed by atoms with Crippen LogP contribution >= 0.6 is 15.9 Å². The summed E-state index contributed by atoms with van der Waals surface area (Å²) in [6, 6.07) is 2.79. The normalized spacial score (nSPS) is 21.4. The Morgan fingerprint density at radius 2 is 1.77 bits per heavy atom. The van der Waals surface area contributed by atoms with E-state index in [4.69, 9.17) is 0 Å². The number of nitrogens with zero attached hydrogens (tertiary/aromatic N) is 2. The lowest BCUT2D eigenvalue weighted by Gasteiger charge is -2.38. The monoisotopic (exact) mass is 428 g/mol. The molecule has 3 aliphatic rings. The van der Waals surface area contributed by atoms with Crippen LogP contribution in [0.15, 0.2) is 34.8 Å². The van der Waals surface area contributed by atoms with Gasteiger partial charge in [0.2, 0.25) is 17.7 Å². The summed E-state index contributed by atoms with van der Waals surface area (Å²) in [6.45, 7) is 0. The van der Waals surface area contributed by atoms with E-state index < -0.39 is 29.6 Å². The number of rotatable bonds is 1. The standard InChI is InChI=1S/C17H12BrF3N2O3/c1-22-11-5-3-8(14(22)24)12-13(11)16(26)23(15(12)25)7-2-4-10(18)9(6-7)17(19,20)21/h2-6,8,11,25-26H,1H3. The average molecular weight is 429 g/mol. The zero-order valence-electron chi connectivity index (χ0n) is 13.3. The van der Waals surface area contributed by atoms with E-state index in [1.54, 1.807) is 19.2 Å². The second-order valence-electron chi connectivity index (χ2n) is 6.23. The Kier molecular flexibility index (Phi) is 3.46. The fourth-order valence-electron chi connectivity index (χ4n) is 3.59. The molecule has 5 rings (SSSR count). The van der Waals surface area contributed by atoms with Gasteiger partial charge in [-0.3, -0.25) is 9.36 Å². The van der Waals surface area contributed by atoms with Crippen molar-refractivity contribution in [1.82, 2.24) is 9.47 Å². The van der Waals surface area contributed by atoms with Gasteiger partial charge in [0.25, 0.3) is 0 Å². The summed E-state index contributed by atoms with van der Waals surface area (Å²) in [5.41, 5.74) is -0.433. The van der Waals surface area contributed by atoms with Gasteiger partial charge in [0.05, 0.1) is 23.2 Å². The minimum absolute atomic E-state index is 0.0561. The van der Waals surface area contributed by atoms with Crippen molar-refractivity contribution in [2.45, 2.75) is 18.1 Å². The molecule has 2 unspecified atom stereocenters. The molecule has 1 aromatic heterocycles. The maximum Gasteiger partial charge on any atom is 0.417 e. The van der Waals surface area contributed by atoms with E-state index in [1.165, 1.54) is 17.0 Å². The Bertz CT molecular complexity index is 981. The summed E-state index contributed by atoms with van der Waals surface area (Å²) >= 11 is 2.86. The zero-order chi connectivity index (χ0) is 19.0. The van der Waals surface area contributed by atoms with Gasteiger partial charge in [-0.2, -0.15) is 13.2 Å². The van der Waals surface area contributed by atoms with E-state index in [-0.39, 0.29) is 27.5 Å². The molecule has 1 aromatic carbocycles. The van der Waals surface area contributed by atoms with Gasteiger partial charge in [-0.05, 0) is 18.2 Å². The van der Waals surface area contributed by atoms with Crippen LogP contribution in [-0.2, 0) is 11.0 Å². The average Bonchev–Trinajstić information content (AvgIpc) is 2.84. The van der Waals surface area contributed by atoms with Crippen LogP contribution in [0.5, 0.6) is 11.8 Å². The number of carbonyl (C=O) groups excluding carboxylic acids is 1. The molecule has 0 radical (unpaired) electrons. The fraction of sp³-hybridized carbons (Fsp3) is 0.235. The van der Waals surface area contributed by atoms with Crippen LogP contribution < -0.4 is 0 Å². The number of amides is 1. The molecule has 9 heteroatoms. The number of hydrogen-bond acceptors (Lipinski definition) is 3. The largest absolute Gasteiger partial charge is 0.494 e. The molecule has 0 fully saturated rings. The van der Waals surface area contributed by atoms with E-state index in [1.807, 2.05) is 0 Å². The number of alkyl halides is 3. The minimum atomic E-state index is -4.61. The summed E-state index contributed by atoms with van der Waals surface area (Å²) in [5.74, 6) is -1.84. The highest BCUT2D eigenvalue weighted by atomic mass is 79.9. The summed E-state index contributed by atoms with van der Waals surface area (Å²) in [6.07, 6.45) is -1.26. The van der Waals surface area contributed by atoms with Crippen molar-refractivity contribution in [2.24, 2.45) is 0 Å². The van der Waals surface area contributed by atoms with Crippen molar-refractivity contribution < 1.29 is 28.2 Å². The maximum atomic E-state index is 13.2. The molecule has 5 nitrogen and oxygen atoms in total. The van der Waals surface area contributed by atoms with Crippen molar-refractivity contribution >= 4 is 21.8 Å². The predicted octanol–water partition coefficient (Wildman–Crippen LogP) is 3.84. The molecule has 2 aromatic rings. The number of hydrogen-bond donors (Lipinski definition) is 2. The molecule has 26 heavy (non-hydrogen) atoms. The Labute approximate surface area is 154 Å². The second kappa shape index (κ2) is 5.29. The fourth-order valence-corrected chi connectivity index (χ4v) is 4.06. The molecule has 3 heterocycles. The molecule has 1 amide bonds. The zero-order valence-corrected chi connectivity index (χ0v) is 14.8. The van der Waals surface area contributed by atoms with Crippen LogP contribution in [-0.4, -0.2) is 32.6 Å². The molecular formula is C17H12BrF3N2O3. The topological polar surface area (TPSA) is 65.7 Å². The van der Waals surface area contributed by atoms with Crippen LogP contribution in [0.1, 0.15) is 28.7 Å². The van der Waals surface area contributed by atoms with Gasteiger partial charge in [-0.15, -0.1) is 0 Å². The van der Waals surface area contributed by atoms with E-state index in [0.29, 0.717) is 5.56 Å². The van der Waals surface area contributed by atoms with Crippen LogP contribution in [0.2, 0.25) is 0 Å². The third-order valence-corrected chi connectivity index (χ3v) is 5.52. The Balaban J connectivity index is 1.95. The van der Waals surface area contributed by atoms with E-state index in [9.17, 15) is 28.2 Å². The highest BCUT2D eigenvalue weighted by Crippen LogP contribution is 2.52. The lowest BCUT2D eigenvalue weighted by Crippen LogP contribution is -2.41. The predicted molar refractivity (Wildman–Crippen MR) is 89.2 cm³/mol. The van der Waals surface area contributed by atoms with Crippen LogP contribution in [0.4, 0.5) is 13.2 Å². The lowest BCUT2D eigenvalue weighted by molar-refractivity contribution is -0.138. The summed E-state index contributed by atoms with van der Waals surface area (Å²) in [5, 5.41) is 21.2. The van der Waals surface area contributed by atoms with E-state index in [0.717, 1.165) is 10.6 Å². The first-order valence-corrected chi connectivity index (χ1v) is 8.40. The maximum absolute atomic E-state index is 13.2. The summed E-state index contributed by atoms with van der Waals surface area (Å²) < 4.78 is 40.3. The van der Waals surface area contributed by atoms with Gasteiger partial charge in [0.15, 0.2) is 0 Å². The smallest absolute Gasteiger partial charge is 0.417 e. The molecule has 0 saturated heterocycles. The molecule has 0 saturated carbocycles. The van der Waals surface area contributed by atoms with Crippen molar-refractivity contribution in [3.63, 3.8) is 0 Å². The first-order valence-electron chi connectivity index (χ1n) is 7.61. The number of fused-ring (bicyclic) bond motifs is 1. The quantitative estimate of drug-likeness (QED) is 0.678. The highest BCUT2D eigenvalue weighted by molar-refractivity contribution is 9.10. The number of likely N-dealkylation sites (N-methyl/N-ethyl adjacent to an activating group) is 1. The first kappa shape index (κ1) is 17.0. The molecule has 2 bridgehead atoms. The number of carbonyl (C=O) groups is 1. The SMILES string of the molecule is CN1C(=O)C2C=CC1c1c2c(O)n(-c2ccc(Br)c(C(F)(F)F)c2)c1O. The molecule has 2 aliphatic heterocycles. The third kappa shape index (κ3) is 2.13. The van der Waals surface area contributed by atoms with Crippen molar-refractivity contribution in [2.75, 3.05) is 7.05 Å². The van der Waals surface area contributed by atoms with Crippen LogP contribution in [0.3, 0.4) is 0 Å². The number of aromatic nitrogens is 1. The summed E-state index contributed by atoms with van der Waals surface area (Å²) in [4.78, 5) is 13.7. The Hall–Kier alpha value is -2.42. The van der Waals surface area contributed by atoms with Gasteiger partial charge in [0.1, 0.15) is 0 Å². The van der Waals surface area contributed by atoms with Crippen molar-refractivity contribution in [3.05, 3.63) is 51.5 Å². The Morgan fingerprint density at radius 1 is 1.12 bits per heavy atom. The van der Waals surface area contributed by atoms with Crippen LogP contribution in [0.25, 0.3) is 5.69 Å². The third-order valence-electron chi connectivity index (χ3n) is 4.83. The number of aromatic hydroxyl groups is 2. The van der Waals surface area contributed by atoms with Gasteiger partial charge in [-0.25, -0.2) is 0 Å². The molecule has 0 spiro atoms. The lowest BCUT2D eigenvalue weighted by atomic mass is 9.81. The van der Waals surface area contributed by atoms with Crippen molar-refractivity contribution in [3.8, 4) is 17.4 Å². The first-order chi connectivity index (χ1) is 12.1. The van der Waals surface area contributed by atoms with Gasteiger partial charge in [-0.1, -0.05) is 28.1 Å². The molecule has 2 N–H and O–H groups in total. The summed E-state index contributed by atoms with van der Waals surface area (Å²) in [7, 11) is 1.57. The highest BCUT2D eigenvalue weighted by Gasteiger charge is 2.45.